The molecule has 1 saturated carbocycles. The van der Waals surface area contributed by atoms with Crippen LogP contribution in [-0.4, -0.2) is 43.7 Å². The SMILES string of the molecule is CNC1CC(n2nc(-c3ccc(C(=O)Nc4ccccn4)cc3Cl)c3c(N)ncnc32)C1. The predicted molar refractivity (Wildman–Crippen MR) is 123 cm³/mol. The summed E-state index contributed by atoms with van der Waals surface area (Å²) < 4.78 is 1.91. The molecule has 9 nitrogen and oxygen atoms in total. The standard InChI is InChI=1S/C22H21ClN8O/c1-25-13-9-14(10-13)31-21-18(20(24)27-11-28-21)19(30-31)15-6-5-12(8-16(15)23)22(32)29-17-4-2-3-7-26-17/h2-8,11,13-14,25H,9-10H2,1H3,(H2,24,27,28)(H,26,29,32). The molecule has 3 aromatic heterocycles. The summed E-state index contributed by atoms with van der Waals surface area (Å²) in [6, 6.07) is 11.1. The van der Waals surface area contributed by atoms with Gasteiger partial charge in [0.25, 0.3) is 5.91 Å². The molecule has 162 valence electrons. The van der Waals surface area contributed by atoms with Crippen molar-refractivity contribution in [2.45, 2.75) is 24.9 Å². The van der Waals surface area contributed by atoms with E-state index in [1.54, 1.807) is 42.6 Å². The Morgan fingerprint density at radius 3 is 2.75 bits per heavy atom. The molecule has 0 radical (unpaired) electrons. The van der Waals surface area contributed by atoms with Crippen molar-refractivity contribution in [1.82, 2.24) is 30.0 Å². The Kier molecular flexibility index (Phi) is 5.20. The molecule has 10 heteroatoms. The molecule has 3 heterocycles. The Hall–Kier alpha value is -3.56. The highest BCUT2D eigenvalue weighted by atomic mass is 35.5. The van der Waals surface area contributed by atoms with Crippen LogP contribution in [0.5, 0.6) is 0 Å². The van der Waals surface area contributed by atoms with Gasteiger partial charge in [0.05, 0.1) is 16.5 Å². The van der Waals surface area contributed by atoms with E-state index in [0.717, 1.165) is 12.8 Å². The maximum atomic E-state index is 12.6. The van der Waals surface area contributed by atoms with Crippen molar-refractivity contribution in [3.63, 3.8) is 0 Å². The summed E-state index contributed by atoms with van der Waals surface area (Å²) in [4.78, 5) is 25.3. The van der Waals surface area contributed by atoms with Crippen molar-refractivity contribution in [2.75, 3.05) is 18.1 Å². The third-order valence-corrected chi connectivity index (χ3v) is 6.09. The number of nitrogens with two attached hydrogens (primary N) is 1. The summed E-state index contributed by atoms with van der Waals surface area (Å²) in [5.74, 6) is 0.504. The van der Waals surface area contributed by atoms with Crippen LogP contribution in [0.15, 0.2) is 48.9 Å². The predicted octanol–water partition coefficient (Wildman–Crippen LogP) is 3.30. The smallest absolute Gasteiger partial charge is 0.256 e. The van der Waals surface area contributed by atoms with Crippen LogP contribution < -0.4 is 16.4 Å². The van der Waals surface area contributed by atoms with Gasteiger partial charge in [-0.05, 0) is 44.2 Å². The van der Waals surface area contributed by atoms with Gasteiger partial charge in [0, 0.05) is 23.4 Å². The first-order chi connectivity index (χ1) is 15.5. The van der Waals surface area contributed by atoms with Crippen molar-refractivity contribution >= 4 is 40.2 Å². The zero-order chi connectivity index (χ0) is 22.2. The maximum Gasteiger partial charge on any atom is 0.256 e. The molecule has 1 amide bonds. The van der Waals surface area contributed by atoms with E-state index in [-0.39, 0.29) is 11.9 Å². The molecule has 1 aliphatic rings. The summed E-state index contributed by atoms with van der Waals surface area (Å²) in [5.41, 5.74) is 8.56. The zero-order valence-corrected chi connectivity index (χ0v) is 18.0. The molecule has 4 aromatic rings. The third-order valence-electron chi connectivity index (χ3n) is 5.78. The highest BCUT2D eigenvalue weighted by Gasteiger charge is 2.33. The number of nitrogen functional groups attached to an aromatic ring is 1. The van der Waals surface area contributed by atoms with Crippen LogP contribution >= 0.6 is 11.6 Å². The van der Waals surface area contributed by atoms with Gasteiger partial charge in [-0.2, -0.15) is 5.10 Å². The molecule has 32 heavy (non-hydrogen) atoms. The minimum Gasteiger partial charge on any atom is -0.383 e. The Morgan fingerprint density at radius 1 is 1.19 bits per heavy atom. The number of fused-ring (bicyclic) bond motifs is 1. The summed E-state index contributed by atoms with van der Waals surface area (Å²) in [6.07, 6.45) is 4.97. The van der Waals surface area contributed by atoms with Crippen molar-refractivity contribution in [3.8, 4) is 11.3 Å². The van der Waals surface area contributed by atoms with Crippen LogP contribution in [0.2, 0.25) is 5.02 Å². The molecule has 0 unspecified atom stereocenters. The topological polar surface area (TPSA) is 124 Å². The second-order valence-electron chi connectivity index (χ2n) is 7.73. The summed E-state index contributed by atoms with van der Waals surface area (Å²) in [7, 11) is 1.96. The molecular formula is C22H21ClN8O. The lowest BCUT2D eigenvalue weighted by Gasteiger charge is -2.35. The van der Waals surface area contributed by atoms with Crippen LogP contribution in [0.4, 0.5) is 11.6 Å². The van der Waals surface area contributed by atoms with Crippen molar-refractivity contribution in [3.05, 3.63) is 59.5 Å². The van der Waals surface area contributed by atoms with Crippen molar-refractivity contribution < 1.29 is 4.79 Å². The van der Waals surface area contributed by atoms with Gasteiger partial charge in [0.15, 0.2) is 5.65 Å². The Morgan fingerprint density at radius 2 is 2.03 bits per heavy atom. The number of halogens is 1. The van der Waals surface area contributed by atoms with E-state index in [0.29, 0.717) is 50.6 Å². The number of aromatic nitrogens is 5. The van der Waals surface area contributed by atoms with Crippen LogP contribution in [0, 0.1) is 0 Å². The fourth-order valence-electron chi connectivity index (χ4n) is 3.94. The average molecular weight is 449 g/mol. The summed E-state index contributed by atoms with van der Waals surface area (Å²) in [6.45, 7) is 0. The van der Waals surface area contributed by atoms with Gasteiger partial charge in [-0.15, -0.1) is 0 Å². The van der Waals surface area contributed by atoms with Crippen LogP contribution in [0.25, 0.3) is 22.3 Å². The number of rotatable bonds is 5. The number of hydrogen-bond donors (Lipinski definition) is 3. The molecule has 1 aromatic carbocycles. The molecule has 0 aliphatic heterocycles. The quantitative estimate of drug-likeness (QED) is 0.428. The molecule has 4 N–H and O–H groups in total. The second-order valence-corrected chi connectivity index (χ2v) is 8.13. The molecule has 5 rings (SSSR count). The Balaban J connectivity index is 1.51. The van der Waals surface area contributed by atoms with E-state index in [2.05, 4.69) is 25.6 Å². The Labute approximate surface area is 189 Å². The minimum absolute atomic E-state index is 0.222. The number of hydrogen-bond acceptors (Lipinski definition) is 7. The third kappa shape index (κ3) is 3.55. The largest absolute Gasteiger partial charge is 0.383 e. The van der Waals surface area contributed by atoms with Crippen LogP contribution in [-0.2, 0) is 0 Å². The van der Waals surface area contributed by atoms with Crippen molar-refractivity contribution in [1.29, 1.82) is 0 Å². The van der Waals surface area contributed by atoms with Gasteiger partial charge in [-0.25, -0.2) is 19.6 Å². The van der Waals surface area contributed by atoms with Crippen LogP contribution in [0.3, 0.4) is 0 Å². The maximum absolute atomic E-state index is 12.6. The van der Waals surface area contributed by atoms with E-state index in [1.807, 2.05) is 11.7 Å². The van der Waals surface area contributed by atoms with Gasteiger partial charge in [-0.3, -0.25) is 4.79 Å². The highest BCUT2D eigenvalue weighted by Crippen LogP contribution is 2.39. The van der Waals surface area contributed by atoms with Crippen molar-refractivity contribution in [2.24, 2.45) is 0 Å². The monoisotopic (exact) mass is 448 g/mol. The normalized spacial score (nSPS) is 17.8. The number of nitrogens with one attached hydrogen (secondary N) is 2. The number of pyridine rings is 1. The molecular weight excluding hydrogens is 428 g/mol. The van der Waals surface area contributed by atoms with E-state index < -0.39 is 0 Å². The van der Waals surface area contributed by atoms with E-state index in [4.69, 9.17) is 22.4 Å². The lowest BCUT2D eigenvalue weighted by atomic mass is 9.87. The number of carbonyl (C=O) groups is 1. The molecule has 0 atom stereocenters. The lowest BCUT2D eigenvalue weighted by molar-refractivity contribution is 0.102. The van der Waals surface area contributed by atoms with E-state index >= 15 is 0 Å². The molecule has 0 saturated heterocycles. The number of carbonyl (C=O) groups excluding carboxylic acids is 1. The second kappa shape index (κ2) is 8.18. The van der Waals surface area contributed by atoms with Gasteiger partial charge in [0.2, 0.25) is 0 Å². The zero-order valence-electron chi connectivity index (χ0n) is 17.3. The Bertz CT molecular complexity index is 1300. The molecule has 1 aliphatic carbocycles. The molecule has 1 fully saturated rings. The fraction of sp³-hybridized carbons (Fsp3) is 0.227. The number of nitrogens with zero attached hydrogens (tertiary/aromatic N) is 5. The molecule has 0 spiro atoms. The number of benzene rings is 1. The lowest BCUT2D eigenvalue weighted by Crippen LogP contribution is -2.40. The van der Waals surface area contributed by atoms with Gasteiger partial charge in [0.1, 0.15) is 23.7 Å². The molecule has 0 bridgehead atoms. The minimum atomic E-state index is -0.303. The summed E-state index contributed by atoms with van der Waals surface area (Å²) >= 11 is 6.61. The van der Waals surface area contributed by atoms with Gasteiger partial charge in [-0.1, -0.05) is 23.7 Å². The van der Waals surface area contributed by atoms with Crippen LogP contribution in [0.1, 0.15) is 29.2 Å². The summed E-state index contributed by atoms with van der Waals surface area (Å²) in [5, 5.41) is 11.9. The first kappa shape index (κ1) is 20.3. The number of amides is 1. The average Bonchev–Trinajstić information content (AvgIpc) is 3.14. The van der Waals surface area contributed by atoms with E-state index in [1.165, 1.54) is 6.33 Å². The number of anilines is 2. The van der Waals surface area contributed by atoms with E-state index in [9.17, 15) is 4.79 Å². The van der Waals surface area contributed by atoms with Gasteiger partial charge >= 0.3 is 0 Å². The van der Waals surface area contributed by atoms with Gasteiger partial charge < -0.3 is 16.4 Å². The first-order valence-corrected chi connectivity index (χ1v) is 10.6. The highest BCUT2D eigenvalue weighted by molar-refractivity contribution is 6.34. The first-order valence-electron chi connectivity index (χ1n) is 10.2. The fourth-order valence-corrected chi connectivity index (χ4v) is 4.21.